The molecule has 0 aliphatic carbocycles. The van der Waals surface area contributed by atoms with Crippen molar-refractivity contribution in [2.75, 3.05) is 0 Å². The second-order valence-corrected chi connectivity index (χ2v) is 12.6. The van der Waals surface area contributed by atoms with Gasteiger partial charge in [0.25, 0.3) is 0 Å². The van der Waals surface area contributed by atoms with Crippen molar-refractivity contribution in [3.8, 4) is 50.6 Å². The minimum atomic E-state index is 0.662. The summed E-state index contributed by atoms with van der Waals surface area (Å²) < 4.78 is 9.08. The SMILES string of the molecule is c1ccc(-c2ccc(-c3nc(-c4ccccc4)c4oc5cc6c7ccccc7n(-c7cccc(-c8ccccc8)c7)c6cc5c4n3)cc2)cc1. The van der Waals surface area contributed by atoms with Crippen LogP contribution in [0.3, 0.4) is 0 Å². The molecule has 3 heterocycles. The van der Waals surface area contributed by atoms with E-state index in [0.717, 1.165) is 61.0 Å². The topological polar surface area (TPSA) is 43.9 Å². The van der Waals surface area contributed by atoms with Crippen molar-refractivity contribution in [2.24, 2.45) is 0 Å². The van der Waals surface area contributed by atoms with Crippen LogP contribution in [0.4, 0.5) is 0 Å². The van der Waals surface area contributed by atoms with Crippen LogP contribution >= 0.6 is 0 Å². The summed E-state index contributed by atoms with van der Waals surface area (Å²) in [4.78, 5) is 10.4. The first-order valence-corrected chi connectivity index (χ1v) is 16.8. The number of hydrogen-bond donors (Lipinski definition) is 0. The van der Waals surface area contributed by atoms with Crippen molar-refractivity contribution in [3.05, 3.63) is 176 Å². The van der Waals surface area contributed by atoms with E-state index in [-0.39, 0.29) is 0 Å². The molecule has 7 aromatic carbocycles. The van der Waals surface area contributed by atoms with Gasteiger partial charge in [-0.25, -0.2) is 9.97 Å². The van der Waals surface area contributed by atoms with E-state index in [2.05, 4.69) is 156 Å². The van der Waals surface area contributed by atoms with Crippen LogP contribution in [0.25, 0.3) is 94.5 Å². The standard InChI is InChI=1S/C46H29N3O/c1-4-13-30(14-5-1)32-23-25-34(26-24-32)46-47-43(33-17-8-3-9-18-33)45-44(48-46)39-28-41-38(29-42(39)50-45)37-21-10-11-22-40(37)49(41)36-20-12-19-35(27-36)31-15-6-2-7-16-31/h1-29H. The highest BCUT2D eigenvalue weighted by Crippen LogP contribution is 2.41. The van der Waals surface area contributed by atoms with Crippen LogP contribution in [-0.2, 0) is 0 Å². The number of fused-ring (bicyclic) bond motifs is 6. The second kappa shape index (κ2) is 11.4. The fraction of sp³-hybridized carbons (Fsp3) is 0. The fourth-order valence-electron chi connectivity index (χ4n) is 7.20. The maximum Gasteiger partial charge on any atom is 0.180 e. The lowest BCUT2D eigenvalue weighted by Gasteiger charge is -2.10. The van der Waals surface area contributed by atoms with E-state index < -0.39 is 0 Å². The number of furan rings is 1. The van der Waals surface area contributed by atoms with Gasteiger partial charge < -0.3 is 8.98 Å². The number of aromatic nitrogens is 3. The van der Waals surface area contributed by atoms with Gasteiger partial charge in [-0.15, -0.1) is 0 Å². The maximum absolute atomic E-state index is 6.72. The molecule has 0 unspecified atom stereocenters. The van der Waals surface area contributed by atoms with Gasteiger partial charge in [0.05, 0.1) is 11.0 Å². The molecule has 0 aliphatic rings. The van der Waals surface area contributed by atoms with Crippen molar-refractivity contribution in [1.82, 2.24) is 14.5 Å². The molecule has 0 N–H and O–H groups in total. The molecule has 0 saturated carbocycles. The lowest BCUT2D eigenvalue weighted by molar-refractivity contribution is 0.668. The molecule has 4 nitrogen and oxygen atoms in total. The number of para-hydroxylation sites is 1. The molecule has 0 saturated heterocycles. The number of hydrogen-bond acceptors (Lipinski definition) is 3. The summed E-state index contributed by atoms with van der Waals surface area (Å²) in [6.45, 7) is 0. The molecule has 234 valence electrons. The fourth-order valence-corrected chi connectivity index (χ4v) is 7.20. The highest BCUT2D eigenvalue weighted by molar-refractivity contribution is 6.17. The van der Waals surface area contributed by atoms with Gasteiger partial charge >= 0.3 is 0 Å². The first kappa shape index (κ1) is 28.3. The molecule has 50 heavy (non-hydrogen) atoms. The van der Waals surface area contributed by atoms with Gasteiger partial charge in [0.1, 0.15) is 16.8 Å². The van der Waals surface area contributed by atoms with Gasteiger partial charge in [0.15, 0.2) is 11.4 Å². The molecule has 10 rings (SSSR count). The predicted molar refractivity (Wildman–Crippen MR) is 205 cm³/mol. The number of rotatable bonds is 5. The molecule has 4 heteroatoms. The van der Waals surface area contributed by atoms with Crippen molar-refractivity contribution in [3.63, 3.8) is 0 Å². The summed E-state index contributed by atoms with van der Waals surface area (Å²) in [7, 11) is 0. The number of benzene rings is 7. The van der Waals surface area contributed by atoms with Gasteiger partial charge in [-0.1, -0.05) is 146 Å². The third kappa shape index (κ3) is 4.61. The summed E-state index contributed by atoms with van der Waals surface area (Å²) >= 11 is 0. The van der Waals surface area contributed by atoms with Gasteiger partial charge in [-0.2, -0.15) is 0 Å². The Morgan fingerprint density at radius 1 is 0.400 bits per heavy atom. The minimum absolute atomic E-state index is 0.662. The summed E-state index contributed by atoms with van der Waals surface area (Å²) in [6, 6.07) is 61.5. The molecule has 10 aromatic rings. The highest BCUT2D eigenvalue weighted by Gasteiger charge is 2.21. The molecule has 3 aromatic heterocycles. The average Bonchev–Trinajstić information content (AvgIpc) is 3.72. The third-order valence-corrected chi connectivity index (χ3v) is 9.62. The lowest BCUT2D eigenvalue weighted by Crippen LogP contribution is -1.95. The Bertz CT molecular complexity index is 2840. The van der Waals surface area contributed by atoms with Gasteiger partial charge in [0, 0.05) is 33.0 Å². The molecule has 0 aliphatic heterocycles. The quantitative estimate of drug-likeness (QED) is 0.188. The zero-order valence-electron chi connectivity index (χ0n) is 27.0. The van der Waals surface area contributed by atoms with E-state index in [1.54, 1.807) is 0 Å². The van der Waals surface area contributed by atoms with E-state index in [1.807, 2.05) is 24.3 Å². The summed E-state index contributed by atoms with van der Waals surface area (Å²) in [5.74, 6) is 0.662. The Labute approximate surface area is 288 Å². The Balaban J connectivity index is 1.22. The van der Waals surface area contributed by atoms with E-state index in [4.69, 9.17) is 14.4 Å². The lowest BCUT2D eigenvalue weighted by atomic mass is 10.0. The van der Waals surface area contributed by atoms with Gasteiger partial charge in [0.2, 0.25) is 0 Å². The van der Waals surface area contributed by atoms with E-state index in [9.17, 15) is 0 Å². The van der Waals surface area contributed by atoms with Crippen LogP contribution in [-0.4, -0.2) is 14.5 Å². The zero-order valence-corrected chi connectivity index (χ0v) is 27.0. The third-order valence-electron chi connectivity index (χ3n) is 9.62. The molecular formula is C46H29N3O. The first-order chi connectivity index (χ1) is 24.8. The monoisotopic (exact) mass is 639 g/mol. The zero-order chi connectivity index (χ0) is 33.0. The minimum Gasteiger partial charge on any atom is -0.452 e. The normalized spacial score (nSPS) is 11.6. The van der Waals surface area contributed by atoms with Crippen LogP contribution < -0.4 is 0 Å². The molecule has 0 radical (unpaired) electrons. The Hall–Kier alpha value is -6.78. The summed E-state index contributed by atoms with van der Waals surface area (Å²) in [6.07, 6.45) is 0. The molecule has 0 spiro atoms. The predicted octanol–water partition coefficient (Wildman–Crippen LogP) is 12.1. The molecule has 0 amide bonds. The molecular weight excluding hydrogens is 611 g/mol. The van der Waals surface area contributed by atoms with E-state index >= 15 is 0 Å². The van der Waals surface area contributed by atoms with Crippen molar-refractivity contribution in [2.45, 2.75) is 0 Å². The average molecular weight is 640 g/mol. The van der Waals surface area contributed by atoms with Crippen LogP contribution in [0.5, 0.6) is 0 Å². The largest absolute Gasteiger partial charge is 0.452 e. The first-order valence-electron chi connectivity index (χ1n) is 16.8. The van der Waals surface area contributed by atoms with Crippen molar-refractivity contribution < 1.29 is 4.42 Å². The van der Waals surface area contributed by atoms with Crippen LogP contribution in [0.15, 0.2) is 180 Å². The van der Waals surface area contributed by atoms with Gasteiger partial charge in [-0.3, -0.25) is 0 Å². The Kier molecular flexibility index (Phi) is 6.46. The highest BCUT2D eigenvalue weighted by atomic mass is 16.3. The Morgan fingerprint density at radius 2 is 1.00 bits per heavy atom. The summed E-state index contributed by atoms with van der Waals surface area (Å²) in [5, 5.41) is 3.25. The molecule has 0 atom stereocenters. The molecule has 0 fully saturated rings. The van der Waals surface area contributed by atoms with Gasteiger partial charge in [-0.05, 0) is 52.6 Å². The van der Waals surface area contributed by atoms with E-state index in [0.29, 0.717) is 11.4 Å². The molecule has 0 bridgehead atoms. The van der Waals surface area contributed by atoms with Crippen molar-refractivity contribution >= 4 is 43.9 Å². The van der Waals surface area contributed by atoms with Crippen LogP contribution in [0.2, 0.25) is 0 Å². The van der Waals surface area contributed by atoms with Crippen LogP contribution in [0.1, 0.15) is 0 Å². The smallest absolute Gasteiger partial charge is 0.180 e. The van der Waals surface area contributed by atoms with Crippen molar-refractivity contribution in [1.29, 1.82) is 0 Å². The van der Waals surface area contributed by atoms with Crippen LogP contribution in [0, 0.1) is 0 Å². The summed E-state index contributed by atoms with van der Waals surface area (Å²) in [5.41, 5.74) is 13.0. The maximum atomic E-state index is 6.72. The number of nitrogens with zero attached hydrogens (tertiary/aromatic N) is 3. The second-order valence-electron chi connectivity index (χ2n) is 12.6. The Morgan fingerprint density at radius 3 is 1.74 bits per heavy atom. The van der Waals surface area contributed by atoms with E-state index in [1.165, 1.54) is 22.1 Å².